The zero-order valence-electron chi connectivity index (χ0n) is 11.5. The third-order valence-electron chi connectivity index (χ3n) is 3.66. The van der Waals surface area contributed by atoms with E-state index in [0.717, 1.165) is 25.2 Å². The largest absolute Gasteiger partial charge is 0.503 e. The van der Waals surface area contributed by atoms with E-state index in [-0.39, 0.29) is 5.75 Å². The Morgan fingerprint density at radius 3 is 2.42 bits per heavy atom. The first-order valence-electron chi connectivity index (χ1n) is 6.98. The van der Waals surface area contributed by atoms with E-state index in [9.17, 15) is 5.11 Å². The minimum absolute atomic E-state index is 0.0283. The number of likely N-dealkylation sites (tertiary alicyclic amines) is 1. The van der Waals surface area contributed by atoms with Crippen LogP contribution in [0.25, 0.3) is 0 Å². The number of hydrogen-bond donors (Lipinski definition) is 1. The van der Waals surface area contributed by atoms with Gasteiger partial charge in [0.2, 0.25) is 0 Å². The number of phenols is 1. The van der Waals surface area contributed by atoms with E-state index < -0.39 is 0 Å². The zero-order valence-corrected chi connectivity index (χ0v) is 12.2. The Morgan fingerprint density at radius 2 is 1.79 bits per heavy atom. The van der Waals surface area contributed by atoms with Crippen molar-refractivity contribution in [3.8, 4) is 11.5 Å². The van der Waals surface area contributed by atoms with E-state index in [1.807, 2.05) is 12.1 Å². The monoisotopic (exact) mass is 283 g/mol. The van der Waals surface area contributed by atoms with Gasteiger partial charge in [-0.05, 0) is 43.6 Å². The highest BCUT2D eigenvalue weighted by molar-refractivity contribution is 6.32. The fourth-order valence-corrected chi connectivity index (χ4v) is 2.84. The van der Waals surface area contributed by atoms with Gasteiger partial charge in [0.1, 0.15) is 0 Å². The van der Waals surface area contributed by atoms with Gasteiger partial charge in [-0.25, -0.2) is 0 Å². The highest BCUT2D eigenvalue weighted by Gasteiger charge is 2.13. The third-order valence-corrected chi connectivity index (χ3v) is 3.95. The Kier molecular flexibility index (Phi) is 5.34. The Hall–Kier alpha value is -0.930. The van der Waals surface area contributed by atoms with E-state index in [0.29, 0.717) is 10.8 Å². The highest BCUT2D eigenvalue weighted by Crippen LogP contribution is 2.35. The van der Waals surface area contributed by atoms with E-state index in [1.54, 1.807) is 7.11 Å². The summed E-state index contributed by atoms with van der Waals surface area (Å²) in [4.78, 5) is 2.46. The summed E-state index contributed by atoms with van der Waals surface area (Å²) in [7, 11) is 1.55. The van der Waals surface area contributed by atoms with Gasteiger partial charge in [-0.15, -0.1) is 0 Å². The average Bonchev–Trinajstić information content (AvgIpc) is 2.36. The molecule has 1 aromatic rings. The summed E-state index contributed by atoms with van der Waals surface area (Å²) >= 11 is 6.03. The van der Waals surface area contributed by atoms with Crippen LogP contribution in [0.4, 0.5) is 0 Å². The number of aromatic hydroxyl groups is 1. The minimum Gasteiger partial charge on any atom is -0.503 e. The Morgan fingerprint density at radius 1 is 1.16 bits per heavy atom. The molecule has 3 nitrogen and oxygen atoms in total. The summed E-state index contributed by atoms with van der Waals surface area (Å²) in [5.74, 6) is 0.482. The van der Waals surface area contributed by atoms with Crippen molar-refractivity contribution in [2.75, 3.05) is 20.2 Å². The van der Waals surface area contributed by atoms with Gasteiger partial charge in [0.05, 0.1) is 12.1 Å². The highest BCUT2D eigenvalue weighted by atomic mass is 35.5. The molecule has 0 aliphatic carbocycles. The Labute approximate surface area is 120 Å². The number of benzene rings is 1. The molecule has 0 aromatic heterocycles. The number of methoxy groups -OCH3 is 1. The summed E-state index contributed by atoms with van der Waals surface area (Å²) in [5.41, 5.74) is 1.10. The molecule has 0 bridgehead atoms. The molecule has 0 amide bonds. The van der Waals surface area contributed by atoms with Crippen LogP contribution < -0.4 is 4.74 Å². The maximum Gasteiger partial charge on any atom is 0.176 e. The molecule has 0 saturated carbocycles. The fourth-order valence-electron chi connectivity index (χ4n) is 2.60. The molecule has 1 aliphatic rings. The SMILES string of the molecule is COc1cc(CN2CCCCCCC2)cc(Cl)c1O. The predicted octanol–water partition coefficient (Wildman–Crippen LogP) is 3.82. The molecule has 4 heteroatoms. The molecule has 1 N–H and O–H groups in total. The zero-order chi connectivity index (χ0) is 13.7. The van der Waals surface area contributed by atoms with Crippen LogP contribution in [-0.2, 0) is 6.54 Å². The van der Waals surface area contributed by atoms with E-state index in [4.69, 9.17) is 16.3 Å². The average molecular weight is 284 g/mol. The molecule has 2 rings (SSSR count). The van der Waals surface area contributed by atoms with Gasteiger partial charge in [-0.1, -0.05) is 30.9 Å². The summed E-state index contributed by atoms with van der Waals surface area (Å²) in [6.45, 7) is 3.15. The topological polar surface area (TPSA) is 32.7 Å². The Balaban J connectivity index is 2.06. The van der Waals surface area contributed by atoms with Crippen molar-refractivity contribution in [1.82, 2.24) is 4.90 Å². The second-order valence-electron chi connectivity index (χ2n) is 5.17. The lowest BCUT2D eigenvalue weighted by Crippen LogP contribution is -2.26. The van der Waals surface area contributed by atoms with Crippen molar-refractivity contribution in [3.63, 3.8) is 0 Å². The first-order chi connectivity index (χ1) is 9.20. The van der Waals surface area contributed by atoms with Gasteiger partial charge in [-0.3, -0.25) is 4.90 Å². The van der Waals surface area contributed by atoms with Crippen LogP contribution in [0, 0.1) is 0 Å². The number of rotatable bonds is 3. The molecular formula is C15H22ClNO2. The molecule has 0 atom stereocenters. The summed E-state index contributed by atoms with van der Waals surface area (Å²) in [6.07, 6.45) is 6.56. The van der Waals surface area contributed by atoms with E-state index in [1.165, 1.54) is 32.1 Å². The summed E-state index contributed by atoms with van der Waals surface area (Å²) in [6, 6.07) is 3.71. The van der Waals surface area contributed by atoms with Gasteiger partial charge >= 0.3 is 0 Å². The van der Waals surface area contributed by atoms with Gasteiger partial charge in [0.15, 0.2) is 11.5 Å². The number of ether oxygens (including phenoxy) is 1. The second-order valence-corrected chi connectivity index (χ2v) is 5.58. The van der Waals surface area contributed by atoms with E-state index in [2.05, 4.69) is 4.90 Å². The van der Waals surface area contributed by atoms with Crippen molar-refractivity contribution in [2.45, 2.75) is 38.6 Å². The normalized spacial score (nSPS) is 17.8. The lowest BCUT2D eigenvalue weighted by molar-refractivity contribution is 0.239. The quantitative estimate of drug-likeness (QED) is 0.915. The summed E-state index contributed by atoms with van der Waals surface area (Å²) < 4.78 is 5.15. The first-order valence-corrected chi connectivity index (χ1v) is 7.36. The van der Waals surface area contributed by atoms with Gasteiger partial charge < -0.3 is 9.84 Å². The second kappa shape index (κ2) is 7.01. The van der Waals surface area contributed by atoms with Gasteiger partial charge in [0, 0.05) is 6.54 Å². The fraction of sp³-hybridized carbons (Fsp3) is 0.600. The predicted molar refractivity (Wildman–Crippen MR) is 78.0 cm³/mol. The van der Waals surface area contributed by atoms with Crippen LogP contribution in [0.15, 0.2) is 12.1 Å². The number of nitrogens with zero attached hydrogens (tertiary/aromatic N) is 1. The van der Waals surface area contributed by atoms with Crippen LogP contribution in [0.2, 0.25) is 5.02 Å². The molecule has 19 heavy (non-hydrogen) atoms. The molecule has 1 fully saturated rings. The van der Waals surface area contributed by atoms with Crippen LogP contribution >= 0.6 is 11.6 Å². The number of hydrogen-bond acceptors (Lipinski definition) is 3. The summed E-state index contributed by atoms with van der Waals surface area (Å²) in [5, 5.41) is 10.1. The van der Waals surface area contributed by atoms with E-state index >= 15 is 0 Å². The van der Waals surface area contributed by atoms with Crippen molar-refractivity contribution >= 4 is 11.6 Å². The maximum absolute atomic E-state index is 9.74. The molecule has 1 saturated heterocycles. The standard InChI is InChI=1S/C15H22ClNO2/c1-19-14-10-12(9-13(16)15(14)18)11-17-7-5-3-2-4-6-8-17/h9-10,18H,2-8,11H2,1H3. The van der Waals surface area contributed by atoms with Crippen LogP contribution in [0.3, 0.4) is 0 Å². The molecule has 0 radical (unpaired) electrons. The maximum atomic E-state index is 9.74. The smallest absolute Gasteiger partial charge is 0.176 e. The van der Waals surface area contributed by atoms with Crippen molar-refractivity contribution in [1.29, 1.82) is 0 Å². The molecule has 106 valence electrons. The molecule has 1 aromatic carbocycles. The molecule has 0 unspecified atom stereocenters. The first kappa shape index (κ1) is 14.5. The molecule has 0 spiro atoms. The van der Waals surface area contributed by atoms with Gasteiger partial charge in [-0.2, -0.15) is 0 Å². The van der Waals surface area contributed by atoms with Gasteiger partial charge in [0.25, 0.3) is 0 Å². The Bertz CT molecular complexity index is 415. The molecule has 1 heterocycles. The van der Waals surface area contributed by atoms with Crippen molar-refractivity contribution < 1.29 is 9.84 Å². The third kappa shape index (κ3) is 4.02. The number of halogens is 1. The lowest BCUT2D eigenvalue weighted by atomic mass is 10.1. The lowest BCUT2D eigenvalue weighted by Gasteiger charge is -2.24. The molecular weight excluding hydrogens is 262 g/mol. The van der Waals surface area contributed by atoms with Crippen LogP contribution in [-0.4, -0.2) is 30.2 Å². The molecule has 1 aliphatic heterocycles. The van der Waals surface area contributed by atoms with Crippen LogP contribution in [0.5, 0.6) is 11.5 Å². The van der Waals surface area contributed by atoms with Crippen molar-refractivity contribution in [3.05, 3.63) is 22.7 Å². The van der Waals surface area contributed by atoms with Crippen molar-refractivity contribution in [2.24, 2.45) is 0 Å². The van der Waals surface area contributed by atoms with Crippen LogP contribution in [0.1, 0.15) is 37.7 Å². The minimum atomic E-state index is 0.0283. The number of phenolic OH excluding ortho intramolecular Hbond substituents is 1.